The van der Waals surface area contributed by atoms with E-state index >= 15 is 0 Å². The Labute approximate surface area is 140 Å². The van der Waals surface area contributed by atoms with Gasteiger partial charge in [-0.05, 0) is 27.5 Å². The lowest BCUT2D eigenvalue weighted by molar-refractivity contribution is 0.445. The monoisotopic (exact) mass is 324 g/mol. The molecule has 5 heteroatoms. The molecule has 0 fully saturated rings. The van der Waals surface area contributed by atoms with Gasteiger partial charge in [0, 0.05) is 6.54 Å². The van der Waals surface area contributed by atoms with Gasteiger partial charge in [-0.2, -0.15) is 0 Å². The molecule has 0 radical (unpaired) electrons. The second kappa shape index (κ2) is 7.42. The molecule has 1 aromatic heterocycles. The van der Waals surface area contributed by atoms with Crippen molar-refractivity contribution in [1.82, 2.24) is 20.2 Å². The molecule has 0 bridgehead atoms. The lowest BCUT2D eigenvalue weighted by atomic mass is 10.0. The van der Waals surface area contributed by atoms with E-state index < -0.39 is 0 Å². The Morgan fingerprint density at radius 3 is 2.00 bits per heavy atom. The van der Waals surface area contributed by atoms with Crippen LogP contribution >= 0.6 is 11.8 Å². The SMILES string of the molecule is CC(C)Cn1nnnc1SC(c1ccccc1)c1ccccc1. The number of thioether (sulfide) groups is 1. The zero-order chi connectivity index (χ0) is 16.1. The fourth-order valence-corrected chi connectivity index (χ4v) is 3.54. The number of benzene rings is 2. The number of rotatable bonds is 6. The average molecular weight is 324 g/mol. The zero-order valence-electron chi connectivity index (χ0n) is 13.3. The molecule has 0 saturated heterocycles. The summed E-state index contributed by atoms with van der Waals surface area (Å²) in [5.74, 6) is 0.504. The average Bonchev–Trinajstić information content (AvgIpc) is 3.00. The van der Waals surface area contributed by atoms with Crippen molar-refractivity contribution >= 4 is 11.8 Å². The maximum atomic E-state index is 4.22. The molecular weight excluding hydrogens is 304 g/mol. The largest absolute Gasteiger partial charge is 0.220 e. The number of nitrogens with zero attached hydrogens (tertiary/aromatic N) is 4. The van der Waals surface area contributed by atoms with Crippen molar-refractivity contribution in [3.05, 3.63) is 71.8 Å². The molecule has 0 aliphatic heterocycles. The van der Waals surface area contributed by atoms with Gasteiger partial charge in [-0.25, -0.2) is 4.68 Å². The molecule has 2 aromatic carbocycles. The van der Waals surface area contributed by atoms with Crippen molar-refractivity contribution < 1.29 is 0 Å². The van der Waals surface area contributed by atoms with Crippen LogP contribution in [0.4, 0.5) is 0 Å². The molecule has 3 rings (SSSR count). The minimum atomic E-state index is 0.175. The third-order valence-electron chi connectivity index (χ3n) is 3.47. The first-order valence-corrected chi connectivity index (χ1v) is 8.64. The van der Waals surface area contributed by atoms with Gasteiger partial charge in [-0.15, -0.1) is 5.10 Å². The highest BCUT2D eigenvalue weighted by atomic mass is 32.2. The van der Waals surface area contributed by atoms with E-state index in [1.54, 1.807) is 11.8 Å². The Balaban J connectivity index is 1.93. The third-order valence-corrected chi connectivity index (χ3v) is 4.75. The minimum Gasteiger partial charge on any atom is -0.220 e. The highest BCUT2D eigenvalue weighted by molar-refractivity contribution is 7.99. The van der Waals surface area contributed by atoms with E-state index in [4.69, 9.17) is 0 Å². The molecule has 23 heavy (non-hydrogen) atoms. The van der Waals surface area contributed by atoms with Gasteiger partial charge in [0.15, 0.2) is 0 Å². The predicted octanol–water partition coefficient (Wildman–Crippen LogP) is 4.21. The molecule has 0 saturated carbocycles. The zero-order valence-corrected chi connectivity index (χ0v) is 14.1. The van der Waals surface area contributed by atoms with Crippen LogP contribution in [0, 0.1) is 5.92 Å². The summed E-state index contributed by atoms with van der Waals surface area (Å²) in [6.45, 7) is 5.16. The van der Waals surface area contributed by atoms with Crippen molar-refractivity contribution in [2.75, 3.05) is 0 Å². The second-order valence-corrected chi connectivity index (χ2v) is 6.93. The maximum absolute atomic E-state index is 4.22. The molecule has 1 heterocycles. The summed E-state index contributed by atoms with van der Waals surface area (Å²) in [4.78, 5) is 0. The summed E-state index contributed by atoms with van der Waals surface area (Å²) in [6, 6.07) is 21.0. The predicted molar refractivity (Wildman–Crippen MR) is 93.2 cm³/mol. The first kappa shape index (κ1) is 15.7. The van der Waals surface area contributed by atoms with Gasteiger partial charge >= 0.3 is 0 Å². The van der Waals surface area contributed by atoms with E-state index in [9.17, 15) is 0 Å². The molecule has 0 amide bonds. The highest BCUT2D eigenvalue weighted by Crippen LogP contribution is 2.39. The Kier molecular flexibility index (Phi) is 5.08. The van der Waals surface area contributed by atoms with Crippen molar-refractivity contribution in [3.8, 4) is 0 Å². The van der Waals surface area contributed by atoms with Gasteiger partial charge in [0.25, 0.3) is 0 Å². The van der Waals surface area contributed by atoms with Crippen LogP contribution in [0.3, 0.4) is 0 Å². The fraction of sp³-hybridized carbons (Fsp3) is 0.278. The molecule has 0 unspecified atom stereocenters. The van der Waals surface area contributed by atoms with Crippen LogP contribution in [-0.4, -0.2) is 20.2 Å². The Morgan fingerprint density at radius 1 is 0.913 bits per heavy atom. The van der Waals surface area contributed by atoms with Gasteiger partial charge in [0.1, 0.15) is 0 Å². The van der Waals surface area contributed by atoms with Crippen molar-refractivity contribution in [2.24, 2.45) is 5.92 Å². The lowest BCUT2D eigenvalue weighted by Gasteiger charge is -2.17. The summed E-state index contributed by atoms with van der Waals surface area (Å²) in [6.07, 6.45) is 0. The van der Waals surface area contributed by atoms with Crippen molar-refractivity contribution in [1.29, 1.82) is 0 Å². The van der Waals surface area contributed by atoms with E-state index in [2.05, 4.69) is 77.9 Å². The molecule has 0 atom stereocenters. The molecule has 0 aliphatic rings. The normalized spacial score (nSPS) is 11.3. The van der Waals surface area contributed by atoms with Gasteiger partial charge in [-0.3, -0.25) is 0 Å². The van der Waals surface area contributed by atoms with E-state index in [0.29, 0.717) is 5.92 Å². The van der Waals surface area contributed by atoms with Crippen LogP contribution in [0.5, 0.6) is 0 Å². The molecular formula is C18H20N4S. The summed E-state index contributed by atoms with van der Waals surface area (Å²) < 4.78 is 1.90. The van der Waals surface area contributed by atoms with Gasteiger partial charge in [0.05, 0.1) is 5.25 Å². The maximum Gasteiger partial charge on any atom is 0.210 e. The van der Waals surface area contributed by atoms with Crippen LogP contribution in [0.25, 0.3) is 0 Å². The number of tetrazole rings is 1. The van der Waals surface area contributed by atoms with Crippen LogP contribution in [0.2, 0.25) is 0 Å². The second-order valence-electron chi connectivity index (χ2n) is 5.86. The number of hydrogen-bond donors (Lipinski definition) is 0. The standard InChI is InChI=1S/C18H20N4S/c1-14(2)13-22-18(19-20-21-22)23-17(15-9-5-3-6-10-15)16-11-7-4-8-12-16/h3-12,14,17H,13H2,1-2H3. The molecule has 0 aliphatic carbocycles. The van der Waals surface area contributed by atoms with Crippen molar-refractivity contribution in [2.45, 2.75) is 30.8 Å². The highest BCUT2D eigenvalue weighted by Gasteiger charge is 2.19. The van der Waals surface area contributed by atoms with E-state index in [1.807, 2.05) is 16.8 Å². The van der Waals surface area contributed by atoms with E-state index in [0.717, 1.165) is 11.7 Å². The molecule has 3 aromatic rings. The Morgan fingerprint density at radius 2 is 1.48 bits per heavy atom. The van der Waals surface area contributed by atoms with E-state index in [1.165, 1.54) is 11.1 Å². The molecule has 4 nitrogen and oxygen atoms in total. The summed E-state index contributed by atoms with van der Waals surface area (Å²) in [5, 5.41) is 13.2. The Hall–Kier alpha value is -2.14. The third kappa shape index (κ3) is 3.99. The summed E-state index contributed by atoms with van der Waals surface area (Å²) in [7, 11) is 0. The first-order valence-electron chi connectivity index (χ1n) is 7.76. The fourth-order valence-electron chi connectivity index (χ4n) is 2.43. The van der Waals surface area contributed by atoms with Crippen LogP contribution in [0.15, 0.2) is 65.8 Å². The minimum absolute atomic E-state index is 0.175. The van der Waals surface area contributed by atoms with Gasteiger partial charge in [0.2, 0.25) is 5.16 Å². The van der Waals surface area contributed by atoms with Gasteiger partial charge < -0.3 is 0 Å². The van der Waals surface area contributed by atoms with Crippen LogP contribution in [-0.2, 0) is 6.54 Å². The molecule has 0 N–H and O–H groups in total. The van der Waals surface area contributed by atoms with Crippen LogP contribution < -0.4 is 0 Å². The van der Waals surface area contributed by atoms with Gasteiger partial charge in [-0.1, -0.05) is 86.3 Å². The molecule has 0 spiro atoms. The van der Waals surface area contributed by atoms with Crippen LogP contribution in [0.1, 0.15) is 30.2 Å². The lowest BCUT2D eigenvalue weighted by Crippen LogP contribution is -2.09. The smallest absolute Gasteiger partial charge is 0.210 e. The first-order chi connectivity index (χ1) is 11.2. The number of hydrogen-bond acceptors (Lipinski definition) is 4. The number of aromatic nitrogens is 4. The Bertz CT molecular complexity index is 686. The topological polar surface area (TPSA) is 43.6 Å². The molecule has 118 valence electrons. The van der Waals surface area contributed by atoms with Crippen molar-refractivity contribution in [3.63, 3.8) is 0 Å². The quantitative estimate of drug-likeness (QED) is 0.637. The van der Waals surface area contributed by atoms with E-state index in [-0.39, 0.29) is 5.25 Å². The summed E-state index contributed by atoms with van der Waals surface area (Å²) >= 11 is 1.70. The summed E-state index contributed by atoms with van der Waals surface area (Å²) in [5.41, 5.74) is 2.51.